The first-order chi connectivity index (χ1) is 8.83. The van der Waals surface area contributed by atoms with Gasteiger partial charge in [0.1, 0.15) is 11.9 Å². The molecule has 0 aromatic heterocycles. The van der Waals surface area contributed by atoms with E-state index in [-0.39, 0.29) is 0 Å². The molecule has 2 rings (SSSR count). The van der Waals surface area contributed by atoms with Crippen molar-refractivity contribution < 1.29 is 4.74 Å². The normalized spacial score (nSPS) is 19.3. The molecule has 1 aliphatic rings. The zero-order chi connectivity index (χ0) is 12.8. The van der Waals surface area contributed by atoms with Crippen LogP contribution in [0.1, 0.15) is 45.1 Å². The minimum Gasteiger partial charge on any atom is -0.490 e. The van der Waals surface area contributed by atoms with Crippen LogP contribution in [0.2, 0.25) is 0 Å². The summed E-state index contributed by atoms with van der Waals surface area (Å²) >= 11 is 0. The number of rotatable bonds is 7. The lowest BCUT2D eigenvalue weighted by molar-refractivity contribution is 0.214. The first-order valence-electron chi connectivity index (χ1n) is 7.31. The van der Waals surface area contributed by atoms with Gasteiger partial charge in [0.05, 0.1) is 0 Å². The van der Waals surface area contributed by atoms with Crippen LogP contribution in [0.5, 0.6) is 5.75 Å². The van der Waals surface area contributed by atoms with Crippen molar-refractivity contribution in [2.45, 2.75) is 58.1 Å². The summed E-state index contributed by atoms with van der Waals surface area (Å²) in [6.45, 7) is 5.51. The summed E-state index contributed by atoms with van der Waals surface area (Å²) in [6, 6.07) is 9.10. The molecular weight excluding hydrogens is 222 g/mol. The van der Waals surface area contributed by atoms with Gasteiger partial charge in [-0.2, -0.15) is 0 Å². The van der Waals surface area contributed by atoms with E-state index >= 15 is 0 Å². The van der Waals surface area contributed by atoms with E-state index in [4.69, 9.17) is 4.74 Å². The van der Waals surface area contributed by atoms with E-state index in [9.17, 15) is 0 Å². The Morgan fingerprint density at radius 2 is 2.17 bits per heavy atom. The summed E-state index contributed by atoms with van der Waals surface area (Å²) in [4.78, 5) is 0. The molecule has 1 aromatic carbocycles. The van der Waals surface area contributed by atoms with Crippen LogP contribution >= 0.6 is 0 Å². The van der Waals surface area contributed by atoms with E-state index in [2.05, 4.69) is 43.4 Å². The zero-order valence-electron chi connectivity index (χ0n) is 11.6. The molecule has 1 heterocycles. The summed E-state index contributed by atoms with van der Waals surface area (Å²) < 4.78 is 5.96. The summed E-state index contributed by atoms with van der Waals surface area (Å²) in [6.07, 6.45) is 6.41. The van der Waals surface area contributed by atoms with E-state index in [0.717, 1.165) is 18.7 Å². The lowest BCUT2D eigenvalue weighted by Gasteiger charge is -2.17. The Hall–Kier alpha value is -1.02. The van der Waals surface area contributed by atoms with Crippen molar-refractivity contribution in [3.05, 3.63) is 29.8 Å². The molecular formula is C16H25NO. The number of para-hydroxylation sites is 1. The monoisotopic (exact) mass is 247 g/mol. The van der Waals surface area contributed by atoms with E-state index < -0.39 is 0 Å². The fourth-order valence-corrected chi connectivity index (χ4v) is 2.75. The quantitative estimate of drug-likeness (QED) is 0.795. The Morgan fingerprint density at radius 3 is 2.89 bits per heavy atom. The van der Waals surface area contributed by atoms with Gasteiger partial charge in [-0.15, -0.1) is 0 Å². The smallest absolute Gasteiger partial charge is 0.123 e. The molecule has 0 aliphatic carbocycles. The Balaban J connectivity index is 1.70. The first kappa shape index (κ1) is 13.4. The number of hydrogen-bond donors (Lipinski definition) is 1. The van der Waals surface area contributed by atoms with Gasteiger partial charge in [0.15, 0.2) is 0 Å². The first-order valence-corrected chi connectivity index (χ1v) is 7.31. The van der Waals surface area contributed by atoms with Crippen LogP contribution in [0.25, 0.3) is 0 Å². The lowest BCUT2D eigenvalue weighted by Crippen LogP contribution is -2.28. The second-order valence-corrected chi connectivity index (χ2v) is 5.15. The van der Waals surface area contributed by atoms with Crippen molar-refractivity contribution in [1.29, 1.82) is 0 Å². The van der Waals surface area contributed by atoms with Gasteiger partial charge in [-0.3, -0.25) is 0 Å². The molecule has 100 valence electrons. The summed E-state index contributed by atoms with van der Waals surface area (Å²) in [7, 11) is 0. The van der Waals surface area contributed by atoms with E-state index in [1.807, 2.05) is 0 Å². The van der Waals surface area contributed by atoms with Crippen LogP contribution in [-0.2, 0) is 6.42 Å². The van der Waals surface area contributed by atoms with Crippen molar-refractivity contribution in [2.24, 2.45) is 0 Å². The average Bonchev–Trinajstić information content (AvgIpc) is 2.80. The van der Waals surface area contributed by atoms with Crippen LogP contribution in [0.3, 0.4) is 0 Å². The maximum absolute atomic E-state index is 5.96. The molecule has 0 fully saturated rings. The molecule has 0 radical (unpaired) electrons. The maximum Gasteiger partial charge on any atom is 0.123 e. The van der Waals surface area contributed by atoms with Gasteiger partial charge in [-0.1, -0.05) is 32.0 Å². The second-order valence-electron chi connectivity index (χ2n) is 5.15. The van der Waals surface area contributed by atoms with Crippen LogP contribution in [0.15, 0.2) is 24.3 Å². The third kappa shape index (κ3) is 3.49. The van der Waals surface area contributed by atoms with Crippen molar-refractivity contribution in [3.63, 3.8) is 0 Å². The zero-order valence-corrected chi connectivity index (χ0v) is 11.6. The Labute approximate surface area is 111 Å². The highest BCUT2D eigenvalue weighted by Crippen LogP contribution is 2.30. The minimum absolute atomic E-state index is 0.404. The van der Waals surface area contributed by atoms with Gasteiger partial charge in [0.2, 0.25) is 0 Å². The van der Waals surface area contributed by atoms with Crippen LogP contribution in [0.4, 0.5) is 0 Å². The standard InChI is InChI=1S/C16H25NO/c1-3-14(17-4-2)9-7-10-15-12-13-8-5-6-11-16(13)18-15/h5-6,8,11,14-15,17H,3-4,7,9-10,12H2,1-2H3. The Bertz CT molecular complexity index is 339. The molecule has 2 atom stereocenters. The Kier molecular flexibility index (Phi) is 5.06. The molecule has 1 aliphatic heterocycles. The number of benzene rings is 1. The van der Waals surface area contributed by atoms with E-state index in [1.165, 1.54) is 31.2 Å². The molecule has 2 heteroatoms. The fraction of sp³-hybridized carbons (Fsp3) is 0.625. The molecule has 1 N–H and O–H groups in total. The summed E-state index contributed by atoms with van der Waals surface area (Å²) in [5, 5.41) is 3.53. The second kappa shape index (κ2) is 6.79. The lowest BCUT2D eigenvalue weighted by atomic mass is 10.0. The number of hydrogen-bond acceptors (Lipinski definition) is 2. The Morgan fingerprint density at radius 1 is 1.33 bits per heavy atom. The average molecular weight is 247 g/mol. The van der Waals surface area contributed by atoms with Crippen molar-refractivity contribution in [2.75, 3.05) is 6.54 Å². The largest absolute Gasteiger partial charge is 0.490 e. The molecule has 2 unspecified atom stereocenters. The van der Waals surface area contributed by atoms with Crippen molar-refractivity contribution in [3.8, 4) is 5.75 Å². The van der Waals surface area contributed by atoms with Gasteiger partial charge in [-0.05, 0) is 43.9 Å². The molecule has 0 amide bonds. The molecule has 2 nitrogen and oxygen atoms in total. The number of fused-ring (bicyclic) bond motifs is 1. The van der Waals surface area contributed by atoms with Crippen LogP contribution in [0, 0.1) is 0 Å². The van der Waals surface area contributed by atoms with Crippen molar-refractivity contribution >= 4 is 0 Å². The van der Waals surface area contributed by atoms with Gasteiger partial charge in [0.25, 0.3) is 0 Å². The number of nitrogens with one attached hydrogen (secondary N) is 1. The predicted molar refractivity (Wildman–Crippen MR) is 76.2 cm³/mol. The summed E-state index contributed by atoms with van der Waals surface area (Å²) in [5.74, 6) is 1.10. The third-order valence-corrected chi connectivity index (χ3v) is 3.78. The minimum atomic E-state index is 0.404. The van der Waals surface area contributed by atoms with Gasteiger partial charge >= 0.3 is 0 Å². The topological polar surface area (TPSA) is 21.3 Å². The molecule has 0 saturated carbocycles. The van der Waals surface area contributed by atoms with Crippen LogP contribution in [-0.4, -0.2) is 18.7 Å². The number of ether oxygens (including phenoxy) is 1. The molecule has 0 saturated heterocycles. The molecule has 1 aromatic rings. The molecule has 0 bridgehead atoms. The van der Waals surface area contributed by atoms with Gasteiger partial charge in [0, 0.05) is 12.5 Å². The van der Waals surface area contributed by atoms with E-state index in [1.54, 1.807) is 0 Å². The fourth-order valence-electron chi connectivity index (χ4n) is 2.75. The molecule has 0 spiro atoms. The highest BCUT2D eigenvalue weighted by molar-refractivity contribution is 5.37. The van der Waals surface area contributed by atoms with Gasteiger partial charge < -0.3 is 10.1 Å². The van der Waals surface area contributed by atoms with Crippen LogP contribution < -0.4 is 10.1 Å². The highest BCUT2D eigenvalue weighted by atomic mass is 16.5. The highest BCUT2D eigenvalue weighted by Gasteiger charge is 2.21. The maximum atomic E-state index is 5.96. The SMILES string of the molecule is CCNC(CC)CCCC1Cc2ccccc2O1. The summed E-state index contributed by atoms with van der Waals surface area (Å²) in [5.41, 5.74) is 1.38. The van der Waals surface area contributed by atoms with Gasteiger partial charge in [-0.25, -0.2) is 0 Å². The predicted octanol–water partition coefficient (Wildman–Crippen LogP) is 3.55. The third-order valence-electron chi connectivity index (χ3n) is 3.78. The van der Waals surface area contributed by atoms with Crippen molar-refractivity contribution in [1.82, 2.24) is 5.32 Å². The molecule has 18 heavy (non-hydrogen) atoms. The van der Waals surface area contributed by atoms with E-state index in [0.29, 0.717) is 12.1 Å².